The van der Waals surface area contributed by atoms with Gasteiger partial charge in [-0.2, -0.15) is 0 Å². The first-order valence-electron chi connectivity index (χ1n) is 0.873. The molecule has 0 amide bonds. The molecule has 0 aliphatic heterocycles. The van der Waals surface area contributed by atoms with Crippen LogP contribution < -0.4 is 0 Å². The maximum Gasteiger partial charge on any atom is 2.00 e. The van der Waals surface area contributed by atoms with Crippen molar-refractivity contribution in [3.63, 3.8) is 0 Å². The number of hydrogen-bond acceptors (Lipinski definition) is 0. The normalized spacial score (nSPS) is 5.00. The minimum atomic E-state index is -6.00. The molecule has 0 spiro atoms. The van der Waals surface area contributed by atoms with E-state index >= 15 is 0 Å². The zero-order chi connectivity index (χ0) is 4.50. The van der Waals surface area contributed by atoms with Crippen LogP contribution in [0.5, 0.6) is 0 Å². The maximum absolute atomic E-state index is 9.75. The van der Waals surface area contributed by atoms with Crippen LogP contribution in [0.3, 0.4) is 0 Å². The van der Waals surface area contributed by atoms with Crippen molar-refractivity contribution < 1.29 is 66.9 Å². The van der Waals surface area contributed by atoms with Crippen molar-refractivity contribution in [3.8, 4) is 0 Å². The Bertz CT molecular complexity index is 35.0. The summed E-state index contributed by atoms with van der Waals surface area (Å²) in [5, 5.41) is 0. The van der Waals surface area contributed by atoms with Crippen molar-refractivity contribution >= 4 is 7.25 Å². The molecule has 0 aromatic heterocycles. The molecule has 0 atom stereocenters. The van der Waals surface area contributed by atoms with Crippen LogP contribution >= 0.6 is 0 Å². The van der Waals surface area contributed by atoms with Gasteiger partial charge in [0.2, 0.25) is 0 Å². The fourth-order valence-corrected chi connectivity index (χ4v) is 0. The molecule has 12 heavy (non-hydrogen) atoms. The van der Waals surface area contributed by atoms with Crippen LogP contribution in [-0.2, 0) is 16.8 Å². The molecule has 12 heteroatoms. The second-order valence-electron chi connectivity index (χ2n) is 0.495. The molecule has 0 fully saturated rings. The van der Waals surface area contributed by atoms with Gasteiger partial charge in [-0.3, -0.25) is 0 Å². The molecule has 0 saturated heterocycles. The minimum Gasteiger partial charge on any atom is -0.418 e. The van der Waals surface area contributed by atoms with E-state index < -0.39 is 7.25 Å². The van der Waals surface area contributed by atoms with E-state index in [9.17, 15) is 17.3 Å². The standard InChI is InChI=1S/BF4.Co.6H2O/c2-1(3,4)5;;;;;;;/h;;6*1H2/q-1;+2;;;;;;. The molecule has 12 N–H and O–H groups in total. The third-order valence-electron chi connectivity index (χ3n) is 0. The Kier molecular flexibility index (Phi) is 228. The molecule has 1 radical (unpaired) electrons. The molecule has 0 heterocycles. The molecule has 0 saturated carbocycles. The van der Waals surface area contributed by atoms with E-state index in [1.165, 1.54) is 0 Å². The summed E-state index contributed by atoms with van der Waals surface area (Å²) in [6.07, 6.45) is 0. The zero-order valence-electron chi connectivity index (χ0n) is 5.42. The van der Waals surface area contributed by atoms with Gasteiger partial charge in [0.05, 0.1) is 0 Å². The van der Waals surface area contributed by atoms with Gasteiger partial charge in [-0.1, -0.05) is 0 Å². The Morgan fingerprint density at radius 1 is 0.500 bits per heavy atom. The summed E-state index contributed by atoms with van der Waals surface area (Å²) in [5.74, 6) is 0. The Hall–Kier alpha value is 0.0514. The molecule has 0 aliphatic carbocycles. The molecule has 87 valence electrons. The second-order valence-corrected chi connectivity index (χ2v) is 0.495. The third-order valence-corrected chi connectivity index (χ3v) is 0. The van der Waals surface area contributed by atoms with Gasteiger partial charge in [-0.15, -0.1) is 0 Å². The van der Waals surface area contributed by atoms with Crippen LogP contribution in [0.25, 0.3) is 0 Å². The molecule has 0 bridgehead atoms. The maximum atomic E-state index is 9.75. The Balaban J connectivity index is -0.00000000381. The van der Waals surface area contributed by atoms with E-state index in [2.05, 4.69) is 0 Å². The Labute approximate surface area is 75.1 Å². The summed E-state index contributed by atoms with van der Waals surface area (Å²) >= 11 is 0. The van der Waals surface area contributed by atoms with E-state index in [0.29, 0.717) is 0 Å². The van der Waals surface area contributed by atoms with Crippen molar-refractivity contribution in [3.05, 3.63) is 0 Å². The summed E-state index contributed by atoms with van der Waals surface area (Å²) < 4.78 is 39.0. The van der Waals surface area contributed by atoms with Gasteiger partial charge >= 0.3 is 24.0 Å². The number of hydrogen-bond donors (Lipinski definition) is 0. The van der Waals surface area contributed by atoms with Gasteiger partial charge in [-0.05, 0) is 0 Å². The van der Waals surface area contributed by atoms with Crippen LogP contribution in [0.1, 0.15) is 0 Å². The van der Waals surface area contributed by atoms with Gasteiger partial charge in [0.15, 0.2) is 0 Å². The summed E-state index contributed by atoms with van der Waals surface area (Å²) in [5.41, 5.74) is 0. The van der Waals surface area contributed by atoms with E-state index in [-0.39, 0.29) is 49.6 Å². The van der Waals surface area contributed by atoms with Crippen molar-refractivity contribution in [2.45, 2.75) is 0 Å². The van der Waals surface area contributed by atoms with E-state index in [1.54, 1.807) is 0 Å². The quantitative estimate of drug-likeness (QED) is 0.304. The fraction of sp³-hybridized carbons (Fsp3) is 0. The van der Waals surface area contributed by atoms with E-state index in [4.69, 9.17) is 0 Å². The third kappa shape index (κ3) is 311000. The van der Waals surface area contributed by atoms with Crippen molar-refractivity contribution in [1.29, 1.82) is 0 Å². The molecular weight excluding hydrogens is 242 g/mol. The van der Waals surface area contributed by atoms with Crippen molar-refractivity contribution in [1.82, 2.24) is 0 Å². The van der Waals surface area contributed by atoms with Crippen molar-refractivity contribution in [2.24, 2.45) is 0 Å². The summed E-state index contributed by atoms with van der Waals surface area (Å²) in [7, 11) is -6.00. The Morgan fingerprint density at radius 3 is 0.500 bits per heavy atom. The largest absolute Gasteiger partial charge is 2.00 e. The van der Waals surface area contributed by atoms with Gasteiger partial charge in [0.1, 0.15) is 0 Å². The average Bonchev–Trinajstić information content (AvgIpc) is 0.722. The summed E-state index contributed by atoms with van der Waals surface area (Å²) in [6, 6.07) is 0. The monoisotopic (exact) mass is 254 g/mol. The molecule has 6 nitrogen and oxygen atoms in total. The van der Waals surface area contributed by atoms with Gasteiger partial charge in [-0.25, -0.2) is 0 Å². The molecular formula is H12BCoF4O6+. The van der Waals surface area contributed by atoms with Crippen molar-refractivity contribution in [2.75, 3.05) is 0 Å². The van der Waals surface area contributed by atoms with Crippen LogP contribution in [0.15, 0.2) is 0 Å². The predicted octanol–water partition coefficient (Wildman–Crippen LogP) is -3.65. The first kappa shape index (κ1) is 89.7. The average molecular weight is 254 g/mol. The van der Waals surface area contributed by atoms with Crippen LogP contribution in [0.4, 0.5) is 17.3 Å². The van der Waals surface area contributed by atoms with Gasteiger partial charge in [0, 0.05) is 0 Å². The predicted molar refractivity (Wildman–Crippen MR) is 31.9 cm³/mol. The molecule has 0 aromatic carbocycles. The first-order chi connectivity index (χ1) is 2.00. The molecule has 0 aromatic rings. The number of rotatable bonds is 0. The summed E-state index contributed by atoms with van der Waals surface area (Å²) in [6.45, 7) is 0. The fourth-order valence-electron chi connectivity index (χ4n) is 0. The van der Waals surface area contributed by atoms with E-state index in [0.717, 1.165) is 0 Å². The molecule has 0 rings (SSSR count). The topological polar surface area (TPSA) is 189 Å². The summed E-state index contributed by atoms with van der Waals surface area (Å²) in [4.78, 5) is 0. The number of halogens is 4. The van der Waals surface area contributed by atoms with Crippen LogP contribution in [-0.4, -0.2) is 40.1 Å². The molecule has 0 aliphatic rings. The first-order valence-corrected chi connectivity index (χ1v) is 0.873. The SMILES string of the molecule is F[B-](F)(F)F.O.O.O.O.O.O.[Co+2]. The van der Waals surface area contributed by atoms with Gasteiger partial charge < -0.3 is 50.1 Å². The second kappa shape index (κ2) is 30.5. The Morgan fingerprint density at radius 2 is 0.500 bits per heavy atom. The smallest absolute Gasteiger partial charge is 0.418 e. The van der Waals surface area contributed by atoms with Crippen LogP contribution in [0.2, 0.25) is 0 Å². The zero-order valence-corrected chi connectivity index (χ0v) is 6.46. The van der Waals surface area contributed by atoms with E-state index in [1.807, 2.05) is 0 Å². The van der Waals surface area contributed by atoms with Gasteiger partial charge in [0.25, 0.3) is 0 Å². The van der Waals surface area contributed by atoms with Crippen LogP contribution in [0, 0.1) is 0 Å². The minimum absolute atomic E-state index is 0. The molecule has 0 unspecified atom stereocenters.